The summed E-state index contributed by atoms with van der Waals surface area (Å²) in [4.78, 5) is 31.7. The highest BCUT2D eigenvalue weighted by atomic mass is 32.2. The number of hydrogen-bond donors (Lipinski definition) is 1. The quantitative estimate of drug-likeness (QED) is 0.699. The molecule has 0 aliphatic carbocycles. The van der Waals surface area contributed by atoms with Crippen LogP contribution in [0.4, 0.5) is 11.4 Å². The standard InChI is InChI=1S/C23H27N3O3S/c1-5-26-22(28)20(30-23(26)25-18-12-15(3)11-16(4)13-18)14-21(27)24-17-7-9-19(10-8-17)29-6-2/h7-13,20H,5-6,14H2,1-4H3,(H,24,27). The number of carbonyl (C=O) groups excluding carboxylic acids is 2. The molecule has 0 bridgehead atoms. The van der Waals surface area contributed by atoms with Crippen LogP contribution in [0.1, 0.15) is 31.4 Å². The Balaban J connectivity index is 1.68. The molecule has 6 nitrogen and oxygen atoms in total. The number of amidine groups is 1. The normalized spacial score (nSPS) is 17.5. The van der Waals surface area contributed by atoms with Crippen LogP contribution >= 0.6 is 11.8 Å². The van der Waals surface area contributed by atoms with Gasteiger partial charge in [-0.2, -0.15) is 0 Å². The number of rotatable bonds is 7. The Kier molecular flexibility index (Phi) is 7.15. The molecule has 30 heavy (non-hydrogen) atoms. The highest BCUT2D eigenvalue weighted by Gasteiger charge is 2.38. The summed E-state index contributed by atoms with van der Waals surface area (Å²) < 4.78 is 5.41. The maximum absolute atomic E-state index is 12.8. The van der Waals surface area contributed by atoms with Crippen LogP contribution in [0.5, 0.6) is 5.75 Å². The van der Waals surface area contributed by atoms with Crippen molar-refractivity contribution in [3.8, 4) is 5.75 Å². The van der Waals surface area contributed by atoms with E-state index >= 15 is 0 Å². The second-order valence-electron chi connectivity index (χ2n) is 7.14. The van der Waals surface area contributed by atoms with Gasteiger partial charge in [0.05, 0.1) is 12.3 Å². The fraction of sp³-hybridized carbons (Fsp3) is 0.348. The van der Waals surface area contributed by atoms with Gasteiger partial charge in [0.15, 0.2) is 5.17 Å². The average Bonchev–Trinajstić information content (AvgIpc) is 2.96. The Morgan fingerprint density at radius 3 is 2.40 bits per heavy atom. The van der Waals surface area contributed by atoms with Gasteiger partial charge in [0, 0.05) is 18.7 Å². The molecule has 1 unspecified atom stereocenters. The first-order valence-electron chi connectivity index (χ1n) is 10.1. The van der Waals surface area contributed by atoms with Crippen molar-refractivity contribution in [3.63, 3.8) is 0 Å². The van der Waals surface area contributed by atoms with E-state index in [2.05, 4.69) is 11.4 Å². The minimum atomic E-state index is -0.475. The van der Waals surface area contributed by atoms with Crippen LogP contribution in [0.3, 0.4) is 0 Å². The predicted octanol–water partition coefficient (Wildman–Crippen LogP) is 4.68. The van der Waals surface area contributed by atoms with E-state index in [-0.39, 0.29) is 18.2 Å². The molecule has 1 N–H and O–H groups in total. The Labute approximate surface area is 181 Å². The second kappa shape index (κ2) is 9.80. The van der Waals surface area contributed by atoms with Crippen LogP contribution in [0, 0.1) is 13.8 Å². The zero-order chi connectivity index (χ0) is 21.7. The van der Waals surface area contributed by atoms with Crippen LogP contribution in [0.15, 0.2) is 47.5 Å². The third kappa shape index (κ3) is 5.42. The fourth-order valence-electron chi connectivity index (χ4n) is 3.32. The van der Waals surface area contributed by atoms with Crippen LogP contribution in [-0.2, 0) is 9.59 Å². The third-order valence-electron chi connectivity index (χ3n) is 4.59. The van der Waals surface area contributed by atoms with Crippen LogP contribution in [-0.4, -0.2) is 40.3 Å². The maximum atomic E-state index is 12.8. The number of aryl methyl sites for hydroxylation is 2. The minimum Gasteiger partial charge on any atom is -0.494 e. The summed E-state index contributed by atoms with van der Waals surface area (Å²) in [7, 11) is 0. The van der Waals surface area contributed by atoms with E-state index < -0.39 is 5.25 Å². The highest BCUT2D eigenvalue weighted by molar-refractivity contribution is 8.15. The molecule has 0 saturated carbocycles. The number of amides is 2. The molecule has 7 heteroatoms. The van der Waals surface area contributed by atoms with Gasteiger partial charge in [-0.25, -0.2) is 4.99 Å². The molecule has 3 rings (SSSR count). The third-order valence-corrected chi connectivity index (χ3v) is 5.76. The summed E-state index contributed by atoms with van der Waals surface area (Å²) in [6.45, 7) is 8.99. The van der Waals surface area contributed by atoms with Gasteiger partial charge in [-0.15, -0.1) is 0 Å². The molecular formula is C23H27N3O3S. The molecule has 1 aliphatic heterocycles. The molecule has 1 aliphatic rings. The largest absolute Gasteiger partial charge is 0.494 e. The lowest BCUT2D eigenvalue weighted by Crippen LogP contribution is -2.33. The van der Waals surface area contributed by atoms with E-state index in [9.17, 15) is 9.59 Å². The molecule has 0 radical (unpaired) electrons. The molecule has 2 aromatic rings. The summed E-state index contributed by atoms with van der Waals surface area (Å²) in [5.74, 6) is 0.476. The van der Waals surface area contributed by atoms with Crippen molar-refractivity contribution in [1.82, 2.24) is 4.90 Å². The van der Waals surface area contributed by atoms with E-state index in [4.69, 9.17) is 9.73 Å². The van der Waals surface area contributed by atoms with Gasteiger partial charge in [0.25, 0.3) is 0 Å². The fourth-order valence-corrected chi connectivity index (χ4v) is 4.54. The van der Waals surface area contributed by atoms with Crippen molar-refractivity contribution in [2.24, 2.45) is 4.99 Å². The Morgan fingerprint density at radius 1 is 1.13 bits per heavy atom. The number of thioether (sulfide) groups is 1. The predicted molar refractivity (Wildman–Crippen MR) is 123 cm³/mol. The Morgan fingerprint density at radius 2 is 1.80 bits per heavy atom. The first-order chi connectivity index (χ1) is 14.4. The first-order valence-corrected chi connectivity index (χ1v) is 10.9. The topological polar surface area (TPSA) is 71.0 Å². The van der Waals surface area contributed by atoms with Crippen molar-refractivity contribution in [2.45, 2.75) is 39.4 Å². The smallest absolute Gasteiger partial charge is 0.242 e. The summed E-state index contributed by atoms with van der Waals surface area (Å²) >= 11 is 1.35. The molecule has 1 heterocycles. The monoisotopic (exact) mass is 425 g/mol. The van der Waals surface area contributed by atoms with Crippen LogP contribution in [0.2, 0.25) is 0 Å². The molecule has 1 fully saturated rings. The summed E-state index contributed by atoms with van der Waals surface area (Å²) in [6, 6.07) is 13.3. The maximum Gasteiger partial charge on any atom is 0.242 e. The average molecular weight is 426 g/mol. The van der Waals surface area contributed by atoms with E-state index in [1.54, 1.807) is 17.0 Å². The summed E-state index contributed by atoms with van der Waals surface area (Å²) in [5, 5.41) is 3.02. The minimum absolute atomic E-state index is 0.0764. The van der Waals surface area contributed by atoms with Crippen molar-refractivity contribution in [3.05, 3.63) is 53.6 Å². The van der Waals surface area contributed by atoms with E-state index in [1.807, 2.05) is 52.0 Å². The number of ether oxygens (including phenoxy) is 1. The second-order valence-corrected chi connectivity index (χ2v) is 8.31. The van der Waals surface area contributed by atoms with E-state index in [0.717, 1.165) is 22.6 Å². The molecule has 158 valence electrons. The number of nitrogens with zero attached hydrogens (tertiary/aromatic N) is 2. The lowest BCUT2D eigenvalue weighted by molar-refractivity contribution is -0.128. The SMILES string of the molecule is CCOc1ccc(NC(=O)CC2SC(=Nc3cc(C)cc(C)c3)N(CC)C2=O)cc1. The van der Waals surface area contributed by atoms with Crippen molar-refractivity contribution in [2.75, 3.05) is 18.5 Å². The zero-order valence-electron chi connectivity index (χ0n) is 17.8. The molecule has 1 saturated heterocycles. The van der Waals surface area contributed by atoms with Crippen LogP contribution < -0.4 is 10.1 Å². The van der Waals surface area contributed by atoms with Gasteiger partial charge in [0.1, 0.15) is 11.0 Å². The number of carbonyl (C=O) groups is 2. The van der Waals surface area contributed by atoms with E-state index in [0.29, 0.717) is 24.0 Å². The molecule has 0 aromatic heterocycles. The van der Waals surface area contributed by atoms with Crippen molar-refractivity contribution < 1.29 is 14.3 Å². The lowest BCUT2D eigenvalue weighted by Gasteiger charge is -2.13. The molecule has 2 aromatic carbocycles. The Bertz CT molecular complexity index is 936. The lowest BCUT2D eigenvalue weighted by atomic mass is 10.1. The molecule has 2 amide bonds. The van der Waals surface area contributed by atoms with Gasteiger partial charge >= 0.3 is 0 Å². The summed E-state index contributed by atoms with van der Waals surface area (Å²) in [5.41, 5.74) is 3.74. The molecule has 0 spiro atoms. The van der Waals surface area contributed by atoms with Gasteiger partial charge in [-0.3, -0.25) is 14.5 Å². The number of nitrogens with one attached hydrogen (secondary N) is 1. The zero-order valence-corrected chi connectivity index (χ0v) is 18.6. The van der Waals surface area contributed by atoms with Gasteiger partial charge in [-0.1, -0.05) is 17.8 Å². The van der Waals surface area contributed by atoms with Crippen molar-refractivity contribution in [1.29, 1.82) is 0 Å². The van der Waals surface area contributed by atoms with Gasteiger partial charge < -0.3 is 10.1 Å². The van der Waals surface area contributed by atoms with Crippen molar-refractivity contribution >= 4 is 40.1 Å². The number of hydrogen-bond acceptors (Lipinski definition) is 5. The number of benzene rings is 2. The number of aliphatic imine (C=N–C) groups is 1. The van der Waals surface area contributed by atoms with Crippen LogP contribution in [0.25, 0.3) is 0 Å². The van der Waals surface area contributed by atoms with E-state index in [1.165, 1.54) is 11.8 Å². The summed E-state index contributed by atoms with van der Waals surface area (Å²) in [6.07, 6.45) is 0.0963. The Hall–Kier alpha value is -2.80. The first kappa shape index (κ1) is 21.9. The highest BCUT2D eigenvalue weighted by Crippen LogP contribution is 2.32. The number of anilines is 1. The van der Waals surface area contributed by atoms with Gasteiger partial charge in [0.2, 0.25) is 11.8 Å². The van der Waals surface area contributed by atoms with Gasteiger partial charge in [-0.05, 0) is 75.2 Å². The molecular weight excluding hydrogens is 398 g/mol. The molecule has 1 atom stereocenters.